The Kier molecular flexibility index (Phi) is 7.44. The van der Waals surface area contributed by atoms with Gasteiger partial charge in [0.15, 0.2) is 11.6 Å². The van der Waals surface area contributed by atoms with Gasteiger partial charge in [-0.1, -0.05) is 12.1 Å². The maximum Gasteiger partial charge on any atom is 0.163 e. The molecule has 0 aromatic heterocycles. The Morgan fingerprint density at radius 3 is 1.23 bits per heavy atom. The van der Waals surface area contributed by atoms with Crippen molar-refractivity contribution in [1.82, 2.24) is 0 Å². The predicted octanol–water partition coefficient (Wildman–Crippen LogP) is 5.34. The number of ether oxygens (including phenoxy) is 3. The summed E-state index contributed by atoms with van der Waals surface area (Å²) in [7, 11) is 4.77. The quantitative estimate of drug-likeness (QED) is 0.416. The number of carbonyl (C=O) groups is 2. The highest BCUT2D eigenvalue weighted by molar-refractivity contribution is 5.99. The number of methoxy groups -OCH3 is 3. The van der Waals surface area contributed by atoms with E-state index in [2.05, 4.69) is 0 Å². The molecule has 5 nitrogen and oxygen atoms in total. The van der Waals surface area contributed by atoms with Gasteiger partial charge in [0.2, 0.25) is 0 Å². The van der Waals surface area contributed by atoms with Crippen molar-refractivity contribution in [3.63, 3.8) is 0 Å². The highest BCUT2D eigenvalue weighted by Crippen LogP contribution is 2.29. The van der Waals surface area contributed by atoms with Gasteiger partial charge in [0, 0.05) is 24.0 Å². The number of hydrogen-bond acceptors (Lipinski definition) is 5. The van der Waals surface area contributed by atoms with Gasteiger partial charge in [0.25, 0.3) is 0 Å². The molecule has 0 aliphatic rings. The van der Waals surface area contributed by atoms with Gasteiger partial charge in [0.05, 0.1) is 21.3 Å². The Hall–Kier alpha value is -3.60. The van der Waals surface area contributed by atoms with E-state index in [-0.39, 0.29) is 30.3 Å². The molecule has 31 heavy (non-hydrogen) atoms. The Morgan fingerprint density at radius 1 is 0.581 bits per heavy atom. The molecule has 0 saturated carbocycles. The van der Waals surface area contributed by atoms with Crippen molar-refractivity contribution in [2.45, 2.75) is 18.8 Å². The highest BCUT2D eigenvalue weighted by atomic mass is 16.5. The lowest BCUT2D eigenvalue weighted by molar-refractivity contribution is 0.0944. The minimum Gasteiger partial charge on any atom is -0.497 e. The van der Waals surface area contributed by atoms with Gasteiger partial charge < -0.3 is 14.2 Å². The van der Waals surface area contributed by atoms with Crippen LogP contribution in [0.3, 0.4) is 0 Å². The second-order valence-electron chi connectivity index (χ2n) is 7.18. The first kappa shape index (κ1) is 22.1. The van der Waals surface area contributed by atoms with E-state index in [0.717, 1.165) is 11.3 Å². The minimum absolute atomic E-state index is 0.0222. The van der Waals surface area contributed by atoms with Crippen molar-refractivity contribution in [2.24, 2.45) is 0 Å². The monoisotopic (exact) mass is 418 g/mol. The van der Waals surface area contributed by atoms with Crippen LogP contribution in [0.5, 0.6) is 17.2 Å². The Balaban J connectivity index is 1.82. The van der Waals surface area contributed by atoms with Crippen LogP contribution in [-0.4, -0.2) is 32.9 Å². The molecule has 0 unspecified atom stereocenters. The molecule has 3 aromatic carbocycles. The summed E-state index contributed by atoms with van der Waals surface area (Å²) >= 11 is 0. The van der Waals surface area contributed by atoms with Crippen LogP contribution >= 0.6 is 0 Å². The van der Waals surface area contributed by atoms with Gasteiger partial charge in [-0.05, 0) is 72.1 Å². The van der Waals surface area contributed by atoms with Crippen LogP contribution in [0, 0.1) is 0 Å². The van der Waals surface area contributed by atoms with Crippen LogP contribution in [0.4, 0.5) is 0 Å². The maximum absolute atomic E-state index is 13.0. The molecule has 0 heterocycles. The summed E-state index contributed by atoms with van der Waals surface area (Å²) in [5.74, 6) is 1.81. The van der Waals surface area contributed by atoms with Gasteiger partial charge in [-0.25, -0.2) is 0 Å². The van der Waals surface area contributed by atoms with Crippen LogP contribution < -0.4 is 14.2 Å². The molecular formula is C26H26O5. The molecule has 160 valence electrons. The zero-order valence-electron chi connectivity index (χ0n) is 18.0. The molecule has 0 amide bonds. The summed E-state index contributed by atoms with van der Waals surface area (Å²) in [6.07, 6.45) is 0.446. The van der Waals surface area contributed by atoms with E-state index >= 15 is 0 Å². The molecule has 3 rings (SSSR count). The van der Waals surface area contributed by atoms with E-state index in [0.29, 0.717) is 22.6 Å². The van der Waals surface area contributed by atoms with Crippen molar-refractivity contribution in [1.29, 1.82) is 0 Å². The Bertz CT molecular complexity index is 944. The number of hydrogen-bond donors (Lipinski definition) is 0. The van der Waals surface area contributed by atoms with Gasteiger partial charge in [0.1, 0.15) is 17.2 Å². The van der Waals surface area contributed by atoms with Crippen molar-refractivity contribution in [3.8, 4) is 17.2 Å². The van der Waals surface area contributed by atoms with Crippen LogP contribution in [0.2, 0.25) is 0 Å². The van der Waals surface area contributed by atoms with E-state index in [4.69, 9.17) is 14.2 Å². The predicted molar refractivity (Wildman–Crippen MR) is 120 cm³/mol. The zero-order valence-corrected chi connectivity index (χ0v) is 18.0. The molecule has 0 aliphatic carbocycles. The molecule has 3 aromatic rings. The van der Waals surface area contributed by atoms with Crippen molar-refractivity contribution in [2.75, 3.05) is 21.3 Å². The maximum atomic E-state index is 13.0. The summed E-state index contributed by atoms with van der Waals surface area (Å²) in [6, 6.07) is 21.5. The fraction of sp³-hybridized carbons (Fsp3) is 0.231. The smallest absolute Gasteiger partial charge is 0.163 e. The number of carbonyl (C=O) groups excluding carboxylic acids is 2. The molecular weight excluding hydrogens is 392 g/mol. The lowest BCUT2D eigenvalue weighted by Gasteiger charge is -2.17. The van der Waals surface area contributed by atoms with Crippen molar-refractivity contribution < 1.29 is 23.8 Å². The van der Waals surface area contributed by atoms with Gasteiger partial charge in [-0.15, -0.1) is 0 Å². The molecule has 5 heteroatoms. The molecule has 0 atom stereocenters. The van der Waals surface area contributed by atoms with Crippen molar-refractivity contribution in [3.05, 3.63) is 89.5 Å². The first-order chi connectivity index (χ1) is 15.0. The fourth-order valence-corrected chi connectivity index (χ4v) is 3.42. The number of rotatable bonds is 10. The fourth-order valence-electron chi connectivity index (χ4n) is 3.42. The number of ketones is 2. The van der Waals surface area contributed by atoms with Crippen LogP contribution in [-0.2, 0) is 0 Å². The third kappa shape index (κ3) is 5.72. The molecule has 0 radical (unpaired) electrons. The average molecular weight is 418 g/mol. The van der Waals surface area contributed by atoms with Gasteiger partial charge >= 0.3 is 0 Å². The van der Waals surface area contributed by atoms with E-state index in [1.54, 1.807) is 69.9 Å². The average Bonchev–Trinajstić information content (AvgIpc) is 2.83. The zero-order chi connectivity index (χ0) is 22.2. The summed E-state index contributed by atoms with van der Waals surface area (Å²) in [5.41, 5.74) is 2.11. The van der Waals surface area contributed by atoms with Crippen LogP contribution in [0.25, 0.3) is 0 Å². The normalized spacial score (nSPS) is 10.6. The largest absolute Gasteiger partial charge is 0.497 e. The molecule has 0 fully saturated rings. The Morgan fingerprint density at radius 2 is 0.903 bits per heavy atom. The second-order valence-corrected chi connectivity index (χ2v) is 7.18. The SMILES string of the molecule is COc1ccc(C(=O)CC(CC(=O)c2ccc(OC)cc2)c2ccc(OC)cc2)cc1. The van der Waals surface area contributed by atoms with E-state index in [1.165, 1.54) is 0 Å². The Labute approximate surface area is 182 Å². The second kappa shape index (κ2) is 10.4. The minimum atomic E-state index is -0.255. The molecule has 0 bridgehead atoms. The third-order valence-corrected chi connectivity index (χ3v) is 5.27. The molecule has 0 aliphatic heterocycles. The molecule has 0 saturated heterocycles. The lowest BCUT2D eigenvalue weighted by atomic mass is 9.86. The number of benzene rings is 3. The summed E-state index contributed by atoms with van der Waals surface area (Å²) < 4.78 is 15.6. The first-order valence-corrected chi connectivity index (χ1v) is 10.0. The summed E-state index contributed by atoms with van der Waals surface area (Å²) in [6.45, 7) is 0. The summed E-state index contributed by atoms with van der Waals surface area (Å²) in [4.78, 5) is 25.9. The molecule has 0 N–H and O–H groups in total. The standard InChI is InChI=1S/C26H26O5/c1-29-22-10-4-18(5-11-22)21(16-25(27)19-6-12-23(30-2)13-7-19)17-26(28)20-8-14-24(31-3)15-9-20/h4-15,21H,16-17H2,1-3H3. The van der Waals surface area contributed by atoms with E-state index < -0.39 is 0 Å². The van der Waals surface area contributed by atoms with E-state index in [9.17, 15) is 9.59 Å². The third-order valence-electron chi connectivity index (χ3n) is 5.27. The molecule has 0 spiro atoms. The number of Topliss-reactive ketones (excluding diaryl/α,β-unsaturated/α-hetero) is 2. The highest BCUT2D eigenvalue weighted by Gasteiger charge is 2.21. The van der Waals surface area contributed by atoms with Crippen molar-refractivity contribution >= 4 is 11.6 Å². The van der Waals surface area contributed by atoms with Crippen LogP contribution in [0.15, 0.2) is 72.8 Å². The topological polar surface area (TPSA) is 61.8 Å². The van der Waals surface area contributed by atoms with Crippen LogP contribution in [0.1, 0.15) is 45.0 Å². The lowest BCUT2D eigenvalue weighted by Crippen LogP contribution is -2.13. The van der Waals surface area contributed by atoms with Gasteiger partial charge in [-0.2, -0.15) is 0 Å². The summed E-state index contributed by atoms with van der Waals surface area (Å²) in [5, 5.41) is 0. The van der Waals surface area contributed by atoms with Gasteiger partial charge in [-0.3, -0.25) is 9.59 Å². The van der Waals surface area contributed by atoms with E-state index in [1.807, 2.05) is 24.3 Å². The first-order valence-electron chi connectivity index (χ1n) is 10.0.